The highest BCUT2D eigenvalue weighted by molar-refractivity contribution is 14.1. The number of amides is 1. The summed E-state index contributed by atoms with van der Waals surface area (Å²) < 4.78 is 131. The van der Waals surface area contributed by atoms with E-state index in [4.69, 9.17) is 10.5 Å². The van der Waals surface area contributed by atoms with Gasteiger partial charge in [0.15, 0.2) is 0 Å². The molecule has 0 aliphatic heterocycles. The van der Waals surface area contributed by atoms with E-state index >= 15 is 0 Å². The quantitative estimate of drug-likeness (QED) is 0.100. The predicted octanol–water partition coefficient (Wildman–Crippen LogP) is 7.26. The van der Waals surface area contributed by atoms with Gasteiger partial charge in [0.1, 0.15) is 22.7 Å². The van der Waals surface area contributed by atoms with Crippen LogP contribution in [0.3, 0.4) is 0 Å². The Hall–Kier alpha value is -4.52. The van der Waals surface area contributed by atoms with Gasteiger partial charge in [0.05, 0.1) is 38.0 Å². The summed E-state index contributed by atoms with van der Waals surface area (Å²) in [5, 5.41) is 2.42. The number of aromatic nitrogens is 3. The predicted molar refractivity (Wildman–Crippen MR) is 192 cm³/mol. The number of esters is 3. The summed E-state index contributed by atoms with van der Waals surface area (Å²) in [5.41, 5.74) is 1.58. The van der Waals surface area contributed by atoms with Gasteiger partial charge in [-0.05, 0) is 92.1 Å². The van der Waals surface area contributed by atoms with E-state index in [9.17, 15) is 58.7 Å². The molecule has 1 amide bonds. The molecule has 0 radical (unpaired) electrons. The summed E-state index contributed by atoms with van der Waals surface area (Å²) in [4.78, 5) is 55.1. The Kier molecular flexibility index (Phi) is 20.6. The minimum Gasteiger partial charge on any atom is -0.465 e. The molecule has 0 fully saturated rings. The maximum atomic E-state index is 12.8. The van der Waals surface area contributed by atoms with E-state index < -0.39 is 65.2 Å². The minimum absolute atomic E-state index is 0. The zero-order chi connectivity index (χ0) is 43.2. The third-order valence-corrected chi connectivity index (χ3v) is 7.29. The Morgan fingerprint density at radius 2 is 1.00 bits per heavy atom. The van der Waals surface area contributed by atoms with E-state index in [1.165, 1.54) is 0 Å². The fraction of sp³-hybridized carbons (Fsp3) is 0.424. The molecule has 3 aromatic rings. The molecule has 318 valence electrons. The first kappa shape index (κ1) is 52.5. The number of alkyl carbamates (subject to hydrolysis) is 1. The summed E-state index contributed by atoms with van der Waals surface area (Å²) in [5.74, 6) is -2.24. The van der Waals surface area contributed by atoms with Gasteiger partial charge >= 0.3 is 42.5 Å². The average Bonchev–Trinajstić information content (AvgIpc) is 3.09. The molecule has 57 heavy (non-hydrogen) atoms. The van der Waals surface area contributed by atoms with Crippen LogP contribution in [0.15, 0.2) is 36.8 Å². The van der Waals surface area contributed by atoms with Gasteiger partial charge in [0.25, 0.3) is 0 Å². The van der Waals surface area contributed by atoms with Crippen molar-refractivity contribution in [1.29, 1.82) is 0 Å². The molecule has 3 aromatic heterocycles. The molecule has 3 N–H and O–H groups in total. The van der Waals surface area contributed by atoms with E-state index in [1.807, 2.05) is 0 Å². The lowest BCUT2D eigenvalue weighted by Gasteiger charge is -2.19. The van der Waals surface area contributed by atoms with Crippen molar-refractivity contribution < 1.29 is 77.6 Å². The first-order valence-electron chi connectivity index (χ1n) is 15.5. The van der Waals surface area contributed by atoms with Crippen LogP contribution >= 0.6 is 35.0 Å². The molecular weight excluding hydrogens is 928 g/mol. The molecule has 0 spiro atoms. The highest BCUT2D eigenvalue weighted by atomic mass is 127. The Morgan fingerprint density at radius 1 is 0.649 bits per heavy atom. The van der Waals surface area contributed by atoms with Crippen LogP contribution in [0, 0.1) is 3.57 Å². The summed E-state index contributed by atoms with van der Waals surface area (Å²) in [6.45, 7) is 5.16. The molecule has 0 aliphatic rings. The number of hydrogen-bond donors (Lipinski definition) is 2. The highest BCUT2D eigenvalue weighted by Gasteiger charge is 2.35. The fourth-order valence-corrected chi connectivity index (χ4v) is 4.57. The summed E-state index contributed by atoms with van der Waals surface area (Å²) in [6.07, 6.45) is -11.7. The average molecular weight is 964 g/mol. The lowest BCUT2D eigenvalue weighted by molar-refractivity contribution is -0.142. The molecule has 3 rings (SSSR count). The molecule has 3 heterocycles. The van der Waals surface area contributed by atoms with Crippen molar-refractivity contribution >= 4 is 59.0 Å². The number of rotatable bonds is 8. The van der Waals surface area contributed by atoms with Gasteiger partial charge in [-0.1, -0.05) is 0 Å². The number of nitrogens with one attached hydrogen (secondary N) is 1. The number of nitrogens with zero attached hydrogens (tertiary/aromatic N) is 3. The molecule has 0 atom stereocenters. The second kappa shape index (κ2) is 22.4. The van der Waals surface area contributed by atoms with Crippen molar-refractivity contribution in [1.82, 2.24) is 20.3 Å². The number of carbonyl (C=O) groups is 4. The molecule has 0 saturated carbocycles. The van der Waals surface area contributed by atoms with Crippen molar-refractivity contribution in [3.05, 3.63) is 85.3 Å². The minimum atomic E-state index is -4.64. The number of nitrogens with two attached hydrogens (primary N) is 1. The molecule has 0 saturated heterocycles. The van der Waals surface area contributed by atoms with E-state index in [1.54, 1.807) is 43.4 Å². The van der Waals surface area contributed by atoms with Crippen molar-refractivity contribution in [2.75, 3.05) is 34.4 Å². The van der Waals surface area contributed by atoms with Gasteiger partial charge in [-0.15, -0.1) is 12.4 Å². The van der Waals surface area contributed by atoms with Crippen LogP contribution in [0.1, 0.15) is 80.1 Å². The van der Waals surface area contributed by atoms with Crippen LogP contribution in [0.25, 0.3) is 0 Å². The molecule has 0 aliphatic carbocycles. The third-order valence-electron chi connectivity index (χ3n) is 6.40. The van der Waals surface area contributed by atoms with Crippen molar-refractivity contribution in [3.8, 4) is 0 Å². The van der Waals surface area contributed by atoms with Crippen LogP contribution in [0.5, 0.6) is 0 Å². The molecular formula is C33H36ClF9IN5O8. The van der Waals surface area contributed by atoms with Crippen LogP contribution in [0.4, 0.5) is 44.3 Å². The van der Waals surface area contributed by atoms with E-state index in [0.29, 0.717) is 0 Å². The maximum absolute atomic E-state index is 12.8. The number of hydrogen-bond acceptors (Lipinski definition) is 12. The topological polar surface area (TPSA) is 182 Å². The van der Waals surface area contributed by atoms with Crippen LogP contribution in [0.2, 0.25) is 0 Å². The van der Waals surface area contributed by atoms with Crippen molar-refractivity contribution in [3.63, 3.8) is 0 Å². The Bertz CT molecular complexity index is 1840. The van der Waals surface area contributed by atoms with E-state index in [2.05, 4.69) is 34.5 Å². The fourth-order valence-electron chi connectivity index (χ4n) is 3.92. The van der Waals surface area contributed by atoms with Crippen LogP contribution in [-0.4, -0.2) is 79.0 Å². The zero-order valence-electron chi connectivity index (χ0n) is 30.7. The second-order valence-corrected chi connectivity index (χ2v) is 12.9. The number of methoxy groups -OCH3 is 3. The molecule has 0 aromatic carbocycles. The van der Waals surface area contributed by atoms with Gasteiger partial charge < -0.3 is 30.0 Å². The number of alkyl halides is 9. The Balaban J connectivity index is 0.000000845. The van der Waals surface area contributed by atoms with Gasteiger partial charge in [0.2, 0.25) is 0 Å². The molecule has 24 heteroatoms. The maximum Gasteiger partial charge on any atom is 0.433 e. The summed E-state index contributed by atoms with van der Waals surface area (Å²) in [7, 11) is 3.41. The first-order valence-corrected chi connectivity index (χ1v) is 16.5. The number of halogens is 11. The Labute approximate surface area is 339 Å². The SMILES string of the molecule is COC(=O)c1cnc(C(F)(F)F)cc1CCN.COC(=O)c1cnc(C(F)(F)F)cc1CCNC(=O)OC(C)(C)C.COC(=O)c1cnc(C(F)(F)F)cc1I.Cl. The first-order chi connectivity index (χ1) is 25.7. The van der Waals surface area contributed by atoms with Crippen LogP contribution < -0.4 is 11.1 Å². The van der Waals surface area contributed by atoms with E-state index in [-0.39, 0.29) is 69.7 Å². The van der Waals surface area contributed by atoms with Gasteiger partial charge in [-0.2, -0.15) is 39.5 Å². The van der Waals surface area contributed by atoms with Gasteiger partial charge in [-0.25, -0.2) is 19.2 Å². The van der Waals surface area contributed by atoms with Gasteiger partial charge in [0, 0.05) is 28.7 Å². The normalized spacial score (nSPS) is 11.3. The summed E-state index contributed by atoms with van der Waals surface area (Å²) in [6, 6.07) is 2.38. The molecule has 13 nitrogen and oxygen atoms in total. The largest absolute Gasteiger partial charge is 0.465 e. The third kappa shape index (κ3) is 17.7. The standard InChI is InChI=1S/C15H19F3N2O4.C10H11F3N2O2.C8H5F3INO2.ClH/c1-14(2,3)24-13(22)19-6-5-9-7-11(15(16,17)18)20-8-10(9)12(21)23-4;1-17-9(16)7-5-15-8(10(11,12)13)4-6(7)2-3-14;1-15-7(14)4-3-13-6(2-5(4)12)8(9,10)11;/h7-8H,5-6H2,1-4H3,(H,19,22);4-5H,2-3,14H2,1H3;2-3H,1H3;1H. The lowest BCUT2D eigenvalue weighted by atomic mass is 10.1. The second-order valence-electron chi connectivity index (χ2n) is 11.7. The Morgan fingerprint density at radius 3 is 1.33 bits per heavy atom. The monoisotopic (exact) mass is 963 g/mol. The van der Waals surface area contributed by atoms with Crippen LogP contribution in [-0.2, 0) is 50.3 Å². The smallest absolute Gasteiger partial charge is 0.433 e. The van der Waals surface area contributed by atoms with E-state index in [0.717, 1.165) is 58.1 Å². The number of carbonyl (C=O) groups excluding carboxylic acids is 4. The van der Waals surface area contributed by atoms with Crippen molar-refractivity contribution in [2.45, 2.75) is 57.7 Å². The van der Waals surface area contributed by atoms with Crippen molar-refractivity contribution in [2.24, 2.45) is 5.73 Å². The zero-order valence-corrected chi connectivity index (χ0v) is 33.6. The molecule has 0 unspecified atom stereocenters. The lowest BCUT2D eigenvalue weighted by Crippen LogP contribution is -2.33. The van der Waals surface area contributed by atoms with Gasteiger partial charge in [-0.3, -0.25) is 15.0 Å². The molecule has 0 bridgehead atoms. The highest BCUT2D eigenvalue weighted by Crippen LogP contribution is 2.31. The summed E-state index contributed by atoms with van der Waals surface area (Å²) >= 11 is 1.62. The number of ether oxygens (including phenoxy) is 4. The number of pyridine rings is 3.